The molecule has 3 atom stereocenters. The number of amides is 2. The molecule has 2 amide bonds. The molecular weight excluding hydrogens is 530 g/mol. The van der Waals surface area contributed by atoms with E-state index < -0.39 is 12.1 Å². The molecule has 0 bridgehead atoms. The van der Waals surface area contributed by atoms with Crippen molar-refractivity contribution in [2.24, 2.45) is 18.7 Å². The number of aryl methyl sites for hydroxylation is 3. The van der Waals surface area contributed by atoms with Gasteiger partial charge in [-0.15, -0.1) is 0 Å². The van der Waals surface area contributed by atoms with Crippen LogP contribution in [0.4, 0.5) is 0 Å². The number of hydrogen-bond acceptors (Lipinski definition) is 6. The highest BCUT2D eigenvalue weighted by Crippen LogP contribution is 2.30. The van der Waals surface area contributed by atoms with Crippen LogP contribution in [0.2, 0.25) is 0 Å². The molecule has 9 nitrogen and oxygen atoms in total. The number of hydrogen-bond donors (Lipinski definition) is 1. The van der Waals surface area contributed by atoms with Crippen molar-refractivity contribution in [2.75, 3.05) is 26.7 Å². The minimum Gasteiger partial charge on any atom is -0.497 e. The first-order valence-electron chi connectivity index (χ1n) is 15.1. The fourth-order valence-electron chi connectivity index (χ4n) is 6.53. The van der Waals surface area contributed by atoms with Crippen LogP contribution in [0.1, 0.15) is 55.3 Å². The maximum Gasteiger partial charge on any atom is 0.240 e. The number of aromatic nitrogens is 2. The van der Waals surface area contributed by atoms with Crippen molar-refractivity contribution in [1.82, 2.24) is 19.6 Å². The summed E-state index contributed by atoms with van der Waals surface area (Å²) in [6.45, 7) is 4.04. The van der Waals surface area contributed by atoms with Crippen molar-refractivity contribution in [3.8, 4) is 5.75 Å². The number of fused-ring (bicyclic) bond motifs is 1. The molecule has 2 fully saturated rings. The van der Waals surface area contributed by atoms with Gasteiger partial charge in [0.15, 0.2) is 5.78 Å². The number of carbonyl (C=O) groups excluding carboxylic acids is 3. The van der Waals surface area contributed by atoms with Gasteiger partial charge in [-0.2, -0.15) is 5.10 Å². The maximum absolute atomic E-state index is 13.7. The Balaban J connectivity index is 1.26. The smallest absolute Gasteiger partial charge is 0.240 e. The van der Waals surface area contributed by atoms with Crippen LogP contribution in [-0.2, 0) is 34.3 Å². The van der Waals surface area contributed by atoms with Crippen LogP contribution in [-0.4, -0.2) is 76.0 Å². The number of benzene rings is 2. The Morgan fingerprint density at radius 2 is 1.76 bits per heavy atom. The van der Waals surface area contributed by atoms with E-state index >= 15 is 0 Å². The lowest BCUT2D eigenvalue weighted by Crippen LogP contribution is -2.49. The molecule has 0 saturated carbocycles. The van der Waals surface area contributed by atoms with Gasteiger partial charge >= 0.3 is 0 Å². The molecule has 0 aliphatic carbocycles. The lowest BCUT2D eigenvalue weighted by molar-refractivity contribution is -0.139. The Labute approximate surface area is 248 Å². The molecule has 3 aromatic rings. The van der Waals surface area contributed by atoms with Gasteiger partial charge in [-0.3, -0.25) is 19.1 Å². The van der Waals surface area contributed by atoms with Gasteiger partial charge in [0.25, 0.3) is 0 Å². The Bertz CT molecular complexity index is 1430. The number of ketones is 1. The standard InChI is InChI=1S/C33H43N5O4/c1-22-27-12-8-24(19-29(27)36(2)35-22)9-14-31(39)30-20-25(18-23-6-10-26(42-3)11-7-23)21-38(30)33(41)28(34)13-15-32(40)37-16-4-5-17-37/h6-8,10-12,19,25,28,30H,4-5,9,13-18,20-21,34H2,1-3H3/t25-,28-,30+/m1/s1. The summed E-state index contributed by atoms with van der Waals surface area (Å²) in [4.78, 5) is 43.4. The van der Waals surface area contributed by atoms with Crippen LogP contribution >= 0.6 is 0 Å². The molecule has 224 valence electrons. The largest absolute Gasteiger partial charge is 0.497 e. The van der Waals surface area contributed by atoms with Gasteiger partial charge in [0.2, 0.25) is 11.8 Å². The molecule has 1 aromatic heterocycles. The van der Waals surface area contributed by atoms with Gasteiger partial charge < -0.3 is 20.3 Å². The van der Waals surface area contributed by atoms with Crippen LogP contribution in [0.15, 0.2) is 42.5 Å². The van der Waals surface area contributed by atoms with E-state index in [1.54, 1.807) is 12.0 Å². The number of methoxy groups -OCH3 is 1. The third-order valence-electron chi connectivity index (χ3n) is 8.93. The first kappa shape index (κ1) is 29.8. The number of nitrogens with two attached hydrogens (primary N) is 1. The highest BCUT2D eigenvalue weighted by molar-refractivity contribution is 5.92. The zero-order valence-electron chi connectivity index (χ0n) is 25.1. The molecule has 2 aliphatic heterocycles. The highest BCUT2D eigenvalue weighted by atomic mass is 16.5. The van der Waals surface area contributed by atoms with Gasteiger partial charge in [-0.25, -0.2) is 0 Å². The molecule has 42 heavy (non-hydrogen) atoms. The molecule has 2 aliphatic rings. The van der Waals surface area contributed by atoms with E-state index in [0.717, 1.165) is 65.8 Å². The van der Waals surface area contributed by atoms with Crippen LogP contribution in [0, 0.1) is 12.8 Å². The predicted octanol–water partition coefficient (Wildman–Crippen LogP) is 3.58. The van der Waals surface area contributed by atoms with Gasteiger partial charge in [0.1, 0.15) is 5.75 Å². The average Bonchev–Trinajstić information content (AvgIpc) is 3.74. The summed E-state index contributed by atoms with van der Waals surface area (Å²) in [6, 6.07) is 12.8. The number of carbonyl (C=O) groups is 3. The number of Topliss-reactive ketones (excluding diaryl/α,β-unsaturated/α-hetero) is 1. The molecule has 2 saturated heterocycles. The number of nitrogens with zero attached hydrogens (tertiary/aromatic N) is 4. The molecule has 2 N–H and O–H groups in total. The van der Waals surface area contributed by atoms with Crippen LogP contribution in [0.3, 0.4) is 0 Å². The van der Waals surface area contributed by atoms with E-state index in [1.807, 2.05) is 47.8 Å². The third-order valence-corrected chi connectivity index (χ3v) is 8.93. The fourth-order valence-corrected chi connectivity index (χ4v) is 6.53. The second-order valence-corrected chi connectivity index (χ2v) is 11.9. The van der Waals surface area contributed by atoms with Gasteiger partial charge in [-0.05, 0) is 80.7 Å². The molecule has 9 heteroatoms. The highest BCUT2D eigenvalue weighted by Gasteiger charge is 2.40. The summed E-state index contributed by atoms with van der Waals surface area (Å²) in [5.41, 5.74) is 10.6. The van der Waals surface area contributed by atoms with E-state index in [0.29, 0.717) is 32.2 Å². The molecular formula is C33H43N5O4. The monoisotopic (exact) mass is 573 g/mol. The first-order chi connectivity index (χ1) is 20.2. The number of ether oxygens (including phenoxy) is 1. The first-order valence-corrected chi connectivity index (χ1v) is 15.1. The molecule has 0 radical (unpaired) electrons. The minimum atomic E-state index is -0.804. The van der Waals surface area contributed by atoms with E-state index in [9.17, 15) is 14.4 Å². The topological polar surface area (TPSA) is 111 Å². The summed E-state index contributed by atoms with van der Waals surface area (Å²) < 4.78 is 7.15. The molecule has 3 heterocycles. The summed E-state index contributed by atoms with van der Waals surface area (Å²) in [5.74, 6) is 0.823. The Morgan fingerprint density at radius 3 is 2.48 bits per heavy atom. The van der Waals surface area contributed by atoms with Crippen molar-refractivity contribution in [2.45, 2.75) is 70.4 Å². The van der Waals surface area contributed by atoms with Gasteiger partial charge in [-0.1, -0.05) is 24.3 Å². The van der Waals surface area contributed by atoms with Crippen LogP contribution in [0.5, 0.6) is 5.75 Å². The van der Waals surface area contributed by atoms with Crippen LogP contribution in [0.25, 0.3) is 10.9 Å². The number of rotatable bonds is 11. The number of likely N-dealkylation sites (tertiary alicyclic amines) is 2. The summed E-state index contributed by atoms with van der Waals surface area (Å²) >= 11 is 0. The van der Waals surface area contributed by atoms with E-state index in [-0.39, 0.29) is 29.9 Å². The maximum atomic E-state index is 13.7. The van der Waals surface area contributed by atoms with Crippen molar-refractivity contribution in [1.29, 1.82) is 0 Å². The zero-order chi connectivity index (χ0) is 29.8. The van der Waals surface area contributed by atoms with Crippen molar-refractivity contribution >= 4 is 28.5 Å². The SMILES string of the molecule is COc1ccc(C[C@@H]2C[C@@H](C(=O)CCc3ccc4c(C)nn(C)c4c3)N(C(=O)[C@H](N)CCC(=O)N3CCCC3)C2)cc1. The average molecular weight is 574 g/mol. The normalized spacial score (nSPS) is 19.4. The zero-order valence-corrected chi connectivity index (χ0v) is 25.1. The summed E-state index contributed by atoms with van der Waals surface area (Å²) in [6.07, 6.45) is 4.90. The fraction of sp³-hybridized carbons (Fsp3) is 0.515. The minimum absolute atomic E-state index is 0.0576. The van der Waals surface area contributed by atoms with Gasteiger partial charge in [0, 0.05) is 44.9 Å². The van der Waals surface area contributed by atoms with Crippen molar-refractivity contribution in [3.05, 3.63) is 59.3 Å². The van der Waals surface area contributed by atoms with Crippen molar-refractivity contribution in [3.63, 3.8) is 0 Å². The van der Waals surface area contributed by atoms with E-state index in [1.165, 1.54) is 0 Å². The van der Waals surface area contributed by atoms with Crippen LogP contribution < -0.4 is 10.5 Å². The molecule has 0 spiro atoms. The Morgan fingerprint density at radius 1 is 1.05 bits per heavy atom. The quantitative estimate of drug-likeness (QED) is 0.376. The lowest BCUT2D eigenvalue weighted by atomic mass is 9.94. The van der Waals surface area contributed by atoms with Gasteiger partial charge in [0.05, 0.1) is 30.4 Å². The Kier molecular flexibility index (Phi) is 9.26. The molecule has 5 rings (SSSR count). The predicted molar refractivity (Wildman–Crippen MR) is 162 cm³/mol. The third kappa shape index (κ3) is 6.67. The second-order valence-electron chi connectivity index (χ2n) is 11.9. The molecule has 0 unspecified atom stereocenters. The van der Waals surface area contributed by atoms with E-state index in [2.05, 4.69) is 23.3 Å². The molecule has 2 aromatic carbocycles. The summed E-state index contributed by atoms with van der Waals surface area (Å²) in [7, 11) is 3.57. The lowest BCUT2D eigenvalue weighted by Gasteiger charge is -2.27. The Hall–Kier alpha value is -3.72. The van der Waals surface area contributed by atoms with E-state index in [4.69, 9.17) is 10.5 Å². The second kappa shape index (κ2) is 13.1. The summed E-state index contributed by atoms with van der Waals surface area (Å²) in [5, 5.41) is 5.61. The van der Waals surface area contributed by atoms with Crippen molar-refractivity contribution < 1.29 is 19.1 Å².